The molecule has 0 spiro atoms. The van der Waals surface area contributed by atoms with Crippen molar-refractivity contribution in [3.05, 3.63) is 90.0 Å². The minimum atomic E-state index is -4.10. The van der Waals surface area contributed by atoms with Crippen LogP contribution in [0.25, 0.3) is 21.9 Å². The summed E-state index contributed by atoms with van der Waals surface area (Å²) >= 11 is 0. The van der Waals surface area contributed by atoms with Crippen molar-refractivity contribution in [3.8, 4) is 16.9 Å². The highest BCUT2D eigenvalue weighted by atomic mass is 32.2. The van der Waals surface area contributed by atoms with Gasteiger partial charge in [0.05, 0.1) is 9.79 Å². The normalized spacial score (nSPS) is 11.7. The highest BCUT2D eigenvalue weighted by molar-refractivity contribution is 7.91. The van der Waals surface area contributed by atoms with Crippen LogP contribution in [-0.2, 0) is 9.84 Å². The molecule has 0 bridgehead atoms. The third-order valence-electron chi connectivity index (χ3n) is 4.87. The van der Waals surface area contributed by atoms with E-state index in [-0.39, 0.29) is 20.9 Å². The van der Waals surface area contributed by atoms with E-state index in [1.165, 1.54) is 48.5 Å². The van der Waals surface area contributed by atoms with E-state index in [2.05, 4.69) is 0 Å². The van der Waals surface area contributed by atoms with Gasteiger partial charge in [-0.2, -0.15) is 0 Å². The summed E-state index contributed by atoms with van der Waals surface area (Å²) in [7, 11) is -4.10. The second kappa shape index (κ2) is 6.97. The molecule has 29 heavy (non-hydrogen) atoms. The molecule has 0 aliphatic heterocycles. The lowest BCUT2D eigenvalue weighted by atomic mass is 9.98. The number of hydrogen-bond donors (Lipinski definition) is 1. The zero-order chi connectivity index (χ0) is 20.8. The average molecular weight is 410 g/mol. The Labute approximate surface area is 166 Å². The number of sulfone groups is 1. The first-order valence-corrected chi connectivity index (χ1v) is 10.3. The molecule has 0 fully saturated rings. The summed E-state index contributed by atoms with van der Waals surface area (Å²) in [6, 6.07) is 16.9. The van der Waals surface area contributed by atoms with Gasteiger partial charge >= 0.3 is 0 Å². The summed E-state index contributed by atoms with van der Waals surface area (Å²) in [6.07, 6.45) is 0. The molecule has 0 saturated heterocycles. The Morgan fingerprint density at radius 1 is 0.793 bits per heavy atom. The van der Waals surface area contributed by atoms with Crippen molar-refractivity contribution >= 4 is 20.6 Å². The van der Waals surface area contributed by atoms with Crippen molar-refractivity contribution in [2.75, 3.05) is 0 Å². The maximum absolute atomic E-state index is 14.4. The minimum Gasteiger partial charge on any atom is -0.508 e. The van der Waals surface area contributed by atoms with Crippen LogP contribution in [0.3, 0.4) is 0 Å². The van der Waals surface area contributed by atoms with Gasteiger partial charge in [0, 0.05) is 10.9 Å². The number of phenols is 1. The molecule has 4 aromatic carbocycles. The number of rotatable bonds is 3. The number of aryl methyl sites for hydroxylation is 1. The molecule has 0 aliphatic rings. The zero-order valence-corrected chi connectivity index (χ0v) is 16.2. The van der Waals surface area contributed by atoms with Crippen LogP contribution < -0.4 is 0 Å². The highest BCUT2D eigenvalue weighted by Crippen LogP contribution is 2.38. The molecule has 0 saturated carbocycles. The number of halogens is 2. The summed E-state index contributed by atoms with van der Waals surface area (Å²) in [6.45, 7) is 1.55. The topological polar surface area (TPSA) is 54.4 Å². The molecule has 0 aromatic heterocycles. The van der Waals surface area contributed by atoms with Gasteiger partial charge in [-0.05, 0) is 59.8 Å². The predicted molar refractivity (Wildman–Crippen MR) is 108 cm³/mol. The van der Waals surface area contributed by atoms with Crippen molar-refractivity contribution in [2.45, 2.75) is 16.7 Å². The molecule has 0 amide bonds. The van der Waals surface area contributed by atoms with Gasteiger partial charge in [0.2, 0.25) is 9.84 Å². The summed E-state index contributed by atoms with van der Waals surface area (Å²) in [4.78, 5) is -0.249. The fourth-order valence-electron chi connectivity index (χ4n) is 3.32. The van der Waals surface area contributed by atoms with E-state index in [0.29, 0.717) is 22.1 Å². The Morgan fingerprint density at radius 2 is 1.52 bits per heavy atom. The van der Waals surface area contributed by atoms with Crippen molar-refractivity contribution in [2.24, 2.45) is 0 Å². The molecule has 6 heteroatoms. The van der Waals surface area contributed by atoms with E-state index in [1.54, 1.807) is 25.1 Å². The van der Waals surface area contributed by atoms with E-state index in [1.807, 2.05) is 0 Å². The molecule has 0 heterocycles. The highest BCUT2D eigenvalue weighted by Gasteiger charge is 2.25. The van der Waals surface area contributed by atoms with Crippen LogP contribution >= 0.6 is 0 Å². The largest absolute Gasteiger partial charge is 0.508 e. The van der Waals surface area contributed by atoms with Gasteiger partial charge in [-0.1, -0.05) is 36.4 Å². The Morgan fingerprint density at radius 3 is 2.21 bits per heavy atom. The Kier molecular flexibility index (Phi) is 4.59. The van der Waals surface area contributed by atoms with E-state index >= 15 is 0 Å². The minimum absolute atomic E-state index is 0.0187. The maximum Gasteiger partial charge on any atom is 0.207 e. The average Bonchev–Trinajstić information content (AvgIpc) is 2.70. The SMILES string of the molecule is Cc1ccc(S(=O)(=O)c2ccc3c(F)cccc3c2-c2ccc(O)cc2)cc1F. The van der Waals surface area contributed by atoms with Gasteiger partial charge in [-0.3, -0.25) is 0 Å². The van der Waals surface area contributed by atoms with E-state index < -0.39 is 21.5 Å². The number of aromatic hydroxyl groups is 1. The first kappa shape index (κ1) is 19.1. The Balaban J connectivity index is 2.08. The molecule has 0 atom stereocenters. The van der Waals surface area contributed by atoms with E-state index in [0.717, 1.165) is 6.07 Å². The monoisotopic (exact) mass is 410 g/mol. The molecule has 146 valence electrons. The molecule has 4 rings (SSSR count). The van der Waals surface area contributed by atoms with Crippen molar-refractivity contribution in [1.82, 2.24) is 0 Å². The molecule has 4 aromatic rings. The first-order chi connectivity index (χ1) is 13.8. The number of benzene rings is 4. The molecule has 1 N–H and O–H groups in total. The van der Waals surface area contributed by atoms with Crippen molar-refractivity contribution in [3.63, 3.8) is 0 Å². The van der Waals surface area contributed by atoms with E-state index in [4.69, 9.17) is 0 Å². The first-order valence-electron chi connectivity index (χ1n) is 8.81. The second-order valence-electron chi connectivity index (χ2n) is 6.73. The van der Waals surface area contributed by atoms with E-state index in [9.17, 15) is 22.3 Å². The number of phenolic OH excluding ortho intramolecular Hbond substituents is 1. The van der Waals surface area contributed by atoms with Crippen molar-refractivity contribution in [1.29, 1.82) is 0 Å². The molecular weight excluding hydrogens is 394 g/mol. The number of hydrogen-bond acceptors (Lipinski definition) is 3. The standard InChI is InChI=1S/C23H16F2O3S/c1-14-5-10-17(13-21(14)25)29(27,28)22-12-11-18-19(3-2-4-20(18)24)23(22)15-6-8-16(26)9-7-15/h2-13,26H,1H3. The van der Waals surface area contributed by atoms with Crippen LogP contribution in [0.2, 0.25) is 0 Å². The third kappa shape index (κ3) is 3.25. The molecule has 0 radical (unpaired) electrons. The van der Waals surface area contributed by atoms with Crippen LogP contribution in [0, 0.1) is 18.6 Å². The fourth-order valence-corrected chi connectivity index (χ4v) is 4.82. The molecular formula is C23H16F2O3S. The van der Waals surface area contributed by atoms with Crippen LogP contribution in [0.1, 0.15) is 5.56 Å². The molecule has 3 nitrogen and oxygen atoms in total. The summed E-state index contributed by atoms with van der Waals surface area (Å²) in [5, 5.41) is 10.3. The van der Waals surface area contributed by atoms with Gasteiger partial charge in [-0.25, -0.2) is 17.2 Å². The van der Waals surface area contributed by atoms with Crippen LogP contribution in [0.5, 0.6) is 5.75 Å². The molecule has 0 aliphatic carbocycles. The lowest BCUT2D eigenvalue weighted by molar-refractivity contribution is 0.475. The van der Waals surface area contributed by atoms with Gasteiger partial charge in [-0.15, -0.1) is 0 Å². The maximum atomic E-state index is 14.4. The van der Waals surface area contributed by atoms with Crippen LogP contribution in [0.4, 0.5) is 8.78 Å². The van der Waals surface area contributed by atoms with Gasteiger partial charge in [0.15, 0.2) is 0 Å². The second-order valence-corrected chi connectivity index (χ2v) is 8.65. The Hall–Kier alpha value is -3.25. The van der Waals surface area contributed by atoms with Gasteiger partial charge in [0.25, 0.3) is 0 Å². The van der Waals surface area contributed by atoms with Crippen LogP contribution in [0.15, 0.2) is 82.6 Å². The lowest BCUT2D eigenvalue weighted by Gasteiger charge is -2.15. The zero-order valence-electron chi connectivity index (χ0n) is 15.4. The lowest BCUT2D eigenvalue weighted by Crippen LogP contribution is -2.06. The van der Waals surface area contributed by atoms with Gasteiger partial charge in [0.1, 0.15) is 17.4 Å². The summed E-state index contributed by atoms with van der Waals surface area (Å²) in [5.74, 6) is -1.08. The van der Waals surface area contributed by atoms with Gasteiger partial charge < -0.3 is 5.11 Å². The Bertz CT molecular complexity index is 1340. The third-order valence-corrected chi connectivity index (χ3v) is 6.66. The summed E-state index contributed by atoms with van der Waals surface area (Å²) in [5.41, 5.74) is 1.12. The fraction of sp³-hybridized carbons (Fsp3) is 0.0435. The van der Waals surface area contributed by atoms with Crippen LogP contribution in [-0.4, -0.2) is 13.5 Å². The number of fused-ring (bicyclic) bond motifs is 1. The smallest absolute Gasteiger partial charge is 0.207 e. The predicted octanol–water partition coefficient (Wildman–Crippen LogP) is 5.63. The molecule has 0 unspecified atom stereocenters. The quantitative estimate of drug-likeness (QED) is 0.476. The summed E-state index contributed by atoms with van der Waals surface area (Å²) < 4.78 is 55.2. The van der Waals surface area contributed by atoms with Crippen molar-refractivity contribution < 1.29 is 22.3 Å².